The quantitative estimate of drug-likeness (QED) is 0.493. The van der Waals surface area contributed by atoms with Gasteiger partial charge in [0.1, 0.15) is 0 Å². The van der Waals surface area contributed by atoms with E-state index >= 15 is 0 Å². The average Bonchev–Trinajstić information content (AvgIpc) is 2.64. The third kappa shape index (κ3) is 2.75. The Morgan fingerprint density at radius 2 is 1.63 bits per heavy atom. The zero-order valence-electron chi connectivity index (χ0n) is 15.1. The summed E-state index contributed by atoms with van der Waals surface area (Å²) in [6.07, 6.45) is 0. The molecule has 0 radical (unpaired) electrons. The number of amides is 1. The lowest BCUT2D eigenvalue weighted by Crippen LogP contribution is -2.19. The Kier molecular flexibility index (Phi) is 3.77. The minimum atomic E-state index is -1.14. The van der Waals surface area contributed by atoms with Crippen molar-refractivity contribution in [3.05, 3.63) is 58.7 Å². The number of hydrogen-bond acceptors (Lipinski definition) is 4. The van der Waals surface area contributed by atoms with Gasteiger partial charge in [0, 0.05) is 12.6 Å². The summed E-state index contributed by atoms with van der Waals surface area (Å²) in [6.45, 7) is 4.10. The smallest absolute Gasteiger partial charge is 0.337 e. The molecule has 3 N–H and O–H groups in total. The van der Waals surface area contributed by atoms with Gasteiger partial charge < -0.3 is 20.5 Å². The predicted molar refractivity (Wildman–Crippen MR) is 104 cm³/mol. The van der Waals surface area contributed by atoms with Crippen LogP contribution in [0.5, 0.6) is 11.5 Å². The Morgan fingerprint density at radius 1 is 0.963 bits per heavy atom. The van der Waals surface area contributed by atoms with E-state index in [0.29, 0.717) is 22.9 Å². The molecule has 1 heterocycles. The third-order valence-electron chi connectivity index (χ3n) is 4.85. The molecular weight excluding hydrogens is 344 g/mol. The van der Waals surface area contributed by atoms with Crippen LogP contribution in [0.4, 0.5) is 11.4 Å². The zero-order chi connectivity index (χ0) is 19.3. The van der Waals surface area contributed by atoms with Crippen molar-refractivity contribution in [2.75, 3.05) is 12.4 Å². The van der Waals surface area contributed by atoms with Crippen LogP contribution in [0.3, 0.4) is 0 Å². The predicted octanol–water partition coefficient (Wildman–Crippen LogP) is 4.36. The maximum absolute atomic E-state index is 12.0. The van der Waals surface area contributed by atoms with Crippen molar-refractivity contribution in [2.24, 2.45) is 0 Å². The van der Waals surface area contributed by atoms with E-state index in [1.54, 1.807) is 6.07 Å². The number of ether oxygens (including phenoxy) is 1. The van der Waals surface area contributed by atoms with Crippen LogP contribution in [0, 0.1) is 13.8 Å². The molecule has 27 heavy (non-hydrogen) atoms. The van der Waals surface area contributed by atoms with Gasteiger partial charge in [-0.3, -0.25) is 4.79 Å². The fourth-order valence-electron chi connectivity index (χ4n) is 3.26. The van der Waals surface area contributed by atoms with Crippen LogP contribution in [0.2, 0.25) is 0 Å². The number of carboxylic acids is 1. The number of carboxylic acid groups (broad SMARTS) is 1. The van der Waals surface area contributed by atoms with Crippen molar-refractivity contribution < 1.29 is 19.4 Å². The number of fused-ring (bicyclic) bond motifs is 3. The maximum Gasteiger partial charge on any atom is 0.337 e. The van der Waals surface area contributed by atoms with Crippen molar-refractivity contribution >= 4 is 34.0 Å². The van der Waals surface area contributed by atoms with E-state index in [1.165, 1.54) is 24.2 Å². The highest BCUT2D eigenvalue weighted by Crippen LogP contribution is 2.46. The number of hydrogen-bond donors (Lipinski definition) is 3. The number of anilines is 2. The molecule has 0 saturated heterocycles. The summed E-state index contributed by atoms with van der Waals surface area (Å²) < 4.78 is 5.98. The van der Waals surface area contributed by atoms with Crippen molar-refractivity contribution in [1.82, 2.24) is 5.32 Å². The van der Waals surface area contributed by atoms with Gasteiger partial charge in [-0.1, -0.05) is 12.1 Å². The van der Waals surface area contributed by atoms with Crippen LogP contribution >= 0.6 is 0 Å². The van der Waals surface area contributed by atoms with E-state index in [4.69, 9.17) is 4.74 Å². The summed E-state index contributed by atoms with van der Waals surface area (Å²) >= 11 is 0. The normalized spacial score (nSPS) is 11.8. The van der Waals surface area contributed by atoms with Gasteiger partial charge in [-0.05, 0) is 60.0 Å². The summed E-state index contributed by atoms with van der Waals surface area (Å²) in [7, 11) is 1.49. The second-order valence-electron chi connectivity index (χ2n) is 6.64. The molecule has 0 aromatic heterocycles. The lowest BCUT2D eigenvalue weighted by Gasteiger charge is -2.24. The first-order valence-corrected chi connectivity index (χ1v) is 8.50. The highest BCUT2D eigenvalue weighted by Gasteiger charge is 2.25. The maximum atomic E-state index is 12.0. The summed E-state index contributed by atoms with van der Waals surface area (Å²) in [5, 5.41) is 17.3. The van der Waals surface area contributed by atoms with Crippen LogP contribution in [0.15, 0.2) is 36.4 Å². The van der Waals surface area contributed by atoms with Crippen LogP contribution in [-0.2, 0) is 0 Å². The Bertz CT molecular complexity index is 1130. The topological polar surface area (TPSA) is 87.7 Å². The second kappa shape index (κ2) is 6.02. The fourth-order valence-corrected chi connectivity index (χ4v) is 3.26. The summed E-state index contributed by atoms with van der Waals surface area (Å²) in [6, 6.07) is 10.9. The van der Waals surface area contributed by atoms with Crippen molar-refractivity contribution in [3.8, 4) is 11.5 Å². The van der Waals surface area contributed by atoms with Crippen LogP contribution in [-0.4, -0.2) is 24.0 Å². The fraction of sp³-hybridized carbons (Fsp3) is 0.143. The molecule has 4 rings (SSSR count). The van der Waals surface area contributed by atoms with Crippen molar-refractivity contribution in [2.45, 2.75) is 13.8 Å². The van der Waals surface area contributed by atoms with Gasteiger partial charge in [0.2, 0.25) is 0 Å². The molecular formula is C21H18N2O4. The first kappa shape index (κ1) is 16.9. The number of aromatic carboxylic acids is 1. The van der Waals surface area contributed by atoms with Crippen LogP contribution in [0.25, 0.3) is 10.8 Å². The van der Waals surface area contributed by atoms with E-state index in [2.05, 4.69) is 36.6 Å². The number of nitrogens with one attached hydrogen (secondary N) is 2. The molecule has 0 saturated carbocycles. The number of carbonyl (C=O) groups is 2. The summed E-state index contributed by atoms with van der Waals surface area (Å²) in [4.78, 5) is 23.7. The van der Waals surface area contributed by atoms with E-state index in [1.807, 2.05) is 12.1 Å². The Labute approximate surface area is 155 Å². The number of benzene rings is 3. The first-order chi connectivity index (χ1) is 12.9. The molecule has 1 aliphatic rings. The largest absolute Gasteiger partial charge is 0.478 e. The van der Waals surface area contributed by atoms with E-state index in [9.17, 15) is 14.7 Å². The van der Waals surface area contributed by atoms with Gasteiger partial charge in [0.05, 0.1) is 16.9 Å². The first-order valence-electron chi connectivity index (χ1n) is 8.50. The Morgan fingerprint density at radius 3 is 2.26 bits per heavy atom. The molecule has 0 spiro atoms. The number of rotatable bonds is 2. The van der Waals surface area contributed by atoms with E-state index in [0.717, 1.165) is 10.8 Å². The van der Waals surface area contributed by atoms with E-state index in [-0.39, 0.29) is 17.0 Å². The standard InChI is InChI=1S/C21H18N2O4/c1-10-4-12-7-16-17(8-13(12)5-11(10)2)27-18-9-14(20(24)22-3)6-15(21(25)26)19(18)23-16/h4-9,23H,1-3H3,(H,22,24)(H,25,26). The molecule has 1 aliphatic heterocycles. The molecule has 0 atom stereocenters. The Hall–Kier alpha value is -3.54. The SMILES string of the molecule is CNC(=O)c1cc2c(c(C(=O)O)c1)Nc1cc3cc(C)c(C)cc3cc1O2. The zero-order valence-corrected chi connectivity index (χ0v) is 15.1. The average molecular weight is 362 g/mol. The van der Waals surface area contributed by atoms with Gasteiger partial charge in [-0.15, -0.1) is 0 Å². The minimum absolute atomic E-state index is 0.0167. The molecule has 6 nitrogen and oxygen atoms in total. The van der Waals surface area contributed by atoms with Crippen molar-refractivity contribution in [3.63, 3.8) is 0 Å². The molecule has 6 heteroatoms. The molecule has 0 bridgehead atoms. The van der Waals surface area contributed by atoms with Gasteiger partial charge in [-0.25, -0.2) is 4.79 Å². The highest BCUT2D eigenvalue weighted by atomic mass is 16.5. The highest BCUT2D eigenvalue weighted by molar-refractivity contribution is 6.04. The lowest BCUT2D eigenvalue weighted by atomic mass is 10.0. The van der Waals surface area contributed by atoms with Gasteiger partial charge in [0.25, 0.3) is 5.91 Å². The third-order valence-corrected chi connectivity index (χ3v) is 4.85. The monoisotopic (exact) mass is 362 g/mol. The van der Waals surface area contributed by atoms with Gasteiger partial charge in [0.15, 0.2) is 11.5 Å². The number of carbonyl (C=O) groups excluding carboxylic acids is 1. The molecule has 3 aromatic carbocycles. The summed E-state index contributed by atoms with van der Waals surface area (Å²) in [5.41, 5.74) is 3.60. The molecule has 136 valence electrons. The van der Waals surface area contributed by atoms with Crippen LogP contribution < -0.4 is 15.4 Å². The van der Waals surface area contributed by atoms with Crippen molar-refractivity contribution in [1.29, 1.82) is 0 Å². The summed E-state index contributed by atoms with van der Waals surface area (Å²) in [5.74, 6) is -0.615. The second-order valence-corrected chi connectivity index (χ2v) is 6.64. The van der Waals surface area contributed by atoms with Gasteiger partial charge in [-0.2, -0.15) is 0 Å². The molecule has 0 aliphatic carbocycles. The van der Waals surface area contributed by atoms with E-state index < -0.39 is 5.97 Å². The molecule has 1 amide bonds. The molecule has 0 fully saturated rings. The molecule has 0 unspecified atom stereocenters. The number of aryl methyl sites for hydroxylation is 2. The minimum Gasteiger partial charge on any atom is -0.478 e. The van der Waals surface area contributed by atoms with Crippen LogP contribution in [0.1, 0.15) is 31.8 Å². The van der Waals surface area contributed by atoms with Gasteiger partial charge >= 0.3 is 5.97 Å². The molecule has 3 aromatic rings. The lowest BCUT2D eigenvalue weighted by molar-refractivity contribution is 0.0697. The Balaban J connectivity index is 1.88.